The van der Waals surface area contributed by atoms with E-state index < -0.39 is 5.41 Å². The Morgan fingerprint density at radius 2 is 0.902 bits per heavy atom. The maximum atomic E-state index is 2.53. The second-order valence-electron chi connectivity index (χ2n) is 16.2. The lowest BCUT2D eigenvalue weighted by Crippen LogP contribution is -2.37. The van der Waals surface area contributed by atoms with Gasteiger partial charge in [0.25, 0.3) is 0 Å². The summed E-state index contributed by atoms with van der Waals surface area (Å²) < 4.78 is 4.91. The Morgan fingerprint density at radius 1 is 0.410 bits per heavy atom. The molecule has 1 unspecified atom stereocenters. The van der Waals surface area contributed by atoms with Crippen LogP contribution in [0.4, 0.5) is 0 Å². The number of nitrogens with zero attached hydrogens (tertiary/aromatic N) is 2. The molecule has 11 aromatic rings. The predicted molar refractivity (Wildman–Crippen MR) is 259 cm³/mol. The number of rotatable bonds is 7. The molecule has 0 saturated heterocycles. The number of para-hydroxylation sites is 5. The van der Waals surface area contributed by atoms with Crippen molar-refractivity contribution in [2.45, 2.75) is 23.7 Å². The zero-order valence-electron chi connectivity index (χ0n) is 34.1. The van der Waals surface area contributed by atoms with Gasteiger partial charge in [0.05, 0.1) is 33.2 Å². The number of aromatic nitrogens is 2. The summed E-state index contributed by atoms with van der Waals surface area (Å²) in [6.07, 6.45) is 3.11. The Bertz CT molecular complexity index is 3440. The van der Waals surface area contributed by atoms with Crippen LogP contribution in [0.15, 0.2) is 211 Å². The lowest BCUT2D eigenvalue weighted by Gasteiger charge is -2.43. The Kier molecular flexibility index (Phi) is 8.23. The van der Waals surface area contributed by atoms with Gasteiger partial charge in [-0.15, -0.1) is 11.8 Å². The third kappa shape index (κ3) is 5.11. The standard InChI is InChI=1S/C58H42N2S/c1-3-42-43(40-32-30-38(31-33-40)39-34-36-41(37-35-39)59-52-25-9-4-16-44(52)45-17-5-10-26-53(45)59)19-14-23-48(42)58(50-22-8-13-29-56(50)61-2)49-21-7-12-28-55(49)60-54-27-11-6-18-46(54)47-20-15-24-51(58)57(47)60/h4-37H,3H2,1-2H3. The van der Waals surface area contributed by atoms with Crippen LogP contribution in [0.3, 0.4) is 0 Å². The van der Waals surface area contributed by atoms with Crippen LogP contribution in [0.25, 0.3) is 77.2 Å². The van der Waals surface area contributed by atoms with Crippen LogP contribution >= 0.6 is 11.8 Å². The number of benzene rings is 9. The minimum absolute atomic E-state index is 0.570. The van der Waals surface area contributed by atoms with Crippen molar-refractivity contribution in [3.63, 3.8) is 0 Å². The molecule has 0 N–H and O–H groups in total. The summed E-state index contributed by atoms with van der Waals surface area (Å²) in [7, 11) is 0. The van der Waals surface area contributed by atoms with Gasteiger partial charge in [0.1, 0.15) is 0 Å². The van der Waals surface area contributed by atoms with E-state index in [9.17, 15) is 0 Å². The molecule has 1 atom stereocenters. The average Bonchev–Trinajstić information content (AvgIpc) is 3.86. The zero-order valence-corrected chi connectivity index (χ0v) is 35.0. The summed E-state index contributed by atoms with van der Waals surface area (Å²) in [6, 6.07) is 76.9. The van der Waals surface area contributed by atoms with Crippen molar-refractivity contribution in [2.24, 2.45) is 0 Å². The van der Waals surface area contributed by atoms with Gasteiger partial charge in [0, 0.05) is 32.1 Å². The van der Waals surface area contributed by atoms with Crippen LogP contribution in [-0.2, 0) is 11.8 Å². The Labute approximate surface area is 360 Å². The van der Waals surface area contributed by atoms with Gasteiger partial charge in [-0.05, 0) is 105 Å². The summed E-state index contributed by atoms with van der Waals surface area (Å²) in [5.41, 5.74) is 18.4. The van der Waals surface area contributed by atoms with E-state index in [-0.39, 0.29) is 0 Å². The number of hydrogen-bond donors (Lipinski definition) is 0. The quantitative estimate of drug-likeness (QED) is 0.146. The van der Waals surface area contributed by atoms with Gasteiger partial charge in [-0.3, -0.25) is 0 Å². The van der Waals surface area contributed by atoms with E-state index in [0.29, 0.717) is 0 Å². The van der Waals surface area contributed by atoms with Crippen molar-refractivity contribution in [3.05, 3.63) is 234 Å². The van der Waals surface area contributed by atoms with E-state index in [4.69, 9.17) is 0 Å². The molecule has 0 saturated carbocycles. The lowest BCUT2D eigenvalue weighted by atomic mass is 9.61. The molecule has 3 heteroatoms. The van der Waals surface area contributed by atoms with Crippen LogP contribution in [0.1, 0.15) is 34.7 Å². The molecule has 3 heterocycles. The molecule has 2 nitrogen and oxygen atoms in total. The zero-order chi connectivity index (χ0) is 40.7. The first-order chi connectivity index (χ1) is 30.2. The average molecular weight is 799 g/mol. The van der Waals surface area contributed by atoms with E-state index >= 15 is 0 Å². The minimum Gasteiger partial charge on any atom is -0.309 e. The third-order valence-corrected chi connectivity index (χ3v) is 14.1. The van der Waals surface area contributed by atoms with E-state index in [0.717, 1.165) is 6.42 Å². The monoisotopic (exact) mass is 798 g/mol. The number of hydrogen-bond acceptors (Lipinski definition) is 1. The fraction of sp³-hybridized carbons (Fsp3) is 0.0690. The molecule has 61 heavy (non-hydrogen) atoms. The molecule has 290 valence electrons. The van der Waals surface area contributed by atoms with Gasteiger partial charge in [0.2, 0.25) is 0 Å². The van der Waals surface area contributed by atoms with Crippen molar-refractivity contribution < 1.29 is 0 Å². The fourth-order valence-electron chi connectivity index (χ4n) is 10.8. The highest BCUT2D eigenvalue weighted by Gasteiger charge is 2.47. The lowest BCUT2D eigenvalue weighted by molar-refractivity contribution is 0.703. The van der Waals surface area contributed by atoms with E-state index in [1.54, 1.807) is 0 Å². The molecule has 0 amide bonds. The molecule has 0 spiro atoms. The van der Waals surface area contributed by atoms with Crippen molar-refractivity contribution in [1.82, 2.24) is 9.13 Å². The van der Waals surface area contributed by atoms with Crippen molar-refractivity contribution >= 4 is 55.4 Å². The SMILES string of the molecule is CCc1c(-c2ccc(-c3ccc(-n4c5ccccc5c5ccccc54)cc3)cc2)cccc1C1(c2ccccc2SC)c2ccccc2-n2c3ccccc3c3cccc1c32. The van der Waals surface area contributed by atoms with E-state index in [1.807, 2.05) is 11.8 Å². The molecule has 12 rings (SSSR count). The summed E-state index contributed by atoms with van der Waals surface area (Å²) >= 11 is 1.84. The van der Waals surface area contributed by atoms with Crippen molar-refractivity contribution in [3.8, 4) is 33.6 Å². The molecule has 0 radical (unpaired) electrons. The largest absolute Gasteiger partial charge is 0.309 e. The summed E-state index contributed by atoms with van der Waals surface area (Å²) in [6.45, 7) is 2.33. The molecule has 1 aliphatic heterocycles. The molecule has 0 aliphatic carbocycles. The molecule has 2 aromatic heterocycles. The Balaban J connectivity index is 1.02. The number of thioether (sulfide) groups is 1. The first kappa shape index (κ1) is 35.8. The molecule has 9 aromatic carbocycles. The highest BCUT2D eigenvalue weighted by molar-refractivity contribution is 7.98. The van der Waals surface area contributed by atoms with E-state index in [2.05, 4.69) is 229 Å². The van der Waals surface area contributed by atoms with Crippen LogP contribution in [0.5, 0.6) is 0 Å². The topological polar surface area (TPSA) is 9.86 Å². The Morgan fingerprint density at radius 3 is 1.57 bits per heavy atom. The van der Waals surface area contributed by atoms with Crippen LogP contribution in [0.2, 0.25) is 0 Å². The fourth-order valence-corrected chi connectivity index (χ4v) is 11.5. The van der Waals surface area contributed by atoms with Crippen molar-refractivity contribution in [2.75, 3.05) is 6.26 Å². The molecular formula is C58H42N2S. The van der Waals surface area contributed by atoms with Gasteiger partial charge in [0.15, 0.2) is 0 Å². The summed E-state index contributed by atoms with van der Waals surface area (Å²) in [4.78, 5) is 1.29. The second kappa shape index (κ2) is 14.0. The molecule has 0 bridgehead atoms. The highest BCUT2D eigenvalue weighted by atomic mass is 32.2. The molecule has 0 fully saturated rings. The third-order valence-electron chi connectivity index (χ3n) is 13.3. The summed E-state index contributed by atoms with van der Waals surface area (Å²) in [5.74, 6) is 0. The van der Waals surface area contributed by atoms with Crippen LogP contribution < -0.4 is 0 Å². The summed E-state index contributed by atoms with van der Waals surface area (Å²) in [5, 5.41) is 5.14. The molecular weight excluding hydrogens is 757 g/mol. The second-order valence-corrected chi connectivity index (χ2v) is 17.0. The van der Waals surface area contributed by atoms with Gasteiger partial charge in [-0.1, -0.05) is 171 Å². The first-order valence-electron chi connectivity index (χ1n) is 21.3. The number of fused-ring (bicyclic) bond motifs is 8. The normalized spacial score (nSPS) is 14.6. The molecule has 1 aliphatic rings. The Hall–Kier alpha value is -7.07. The smallest absolute Gasteiger partial charge is 0.0756 e. The van der Waals surface area contributed by atoms with Crippen LogP contribution in [0, 0.1) is 0 Å². The first-order valence-corrected chi connectivity index (χ1v) is 22.5. The minimum atomic E-state index is -0.570. The maximum Gasteiger partial charge on any atom is 0.0756 e. The highest BCUT2D eigenvalue weighted by Crippen LogP contribution is 2.57. The van der Waals surface area contributed by atoms with Gasteiger partial charge >= 0.3 is 0 Å². The van der Waals surface area contributed by atoms with Crippen molar-refractivity contribution in [1.29, 1.82) is 0 Å². The maximum absolute atomic E-state index is 2.53. The van der Waals surface area contributed by atoms with E-state index in [1.165, 1.54) is 110 Å². The van der Waals surface area contributed by atoms with Gasteiger partial charge in [-0.2, -0.15) is 0 Å². The van der Waals surface area contributed by atoms with Gasteiger partial charge < -0.3 is 9.13 Å². The van der Waals surface area contributed by atoms with Crippen LogP contribution in [-0.4, -0.2) is 15.4 Å². The predicted octanol–water partition coefficient (Wildman–Crippen LogP) is 15.2. The van der Waals surface area contributed by atoms with Gasteiger partial charge in [-0.25, -0.2) is 0 Å².